The van der Waals surface area contributed by atoms with Gasteiger partial charge in [-0.3, -0.25) is 9.59 Å². The smallest absolute Gasteiger partial charge is 0.281 e. The van der Waals surface area contributed by atoms with E-state index < -0.39 is 5.56 Å². The van der Waals surface area contributed by atoms with Crippen LogP contribution in [0.2, 0.25) is 0 Å². The number of hydrogen-bond donors (Lipinski definition) is 0. The van der Waals surface area contributed by atoms with Crippen LogP contribution in [-0.4, -0.2) is 15.6 Å². The molecule has 1 heterocycles. The van der Waals surface area contributed by atoms with Crippen molar-refractivity contribution in [3.63, 3.8) is 0 Å². The maximum Gasteiger partial charge on any atom is 0.281 e. The van der Waals surface area contributed by atoms with Crippen molar-refractivity contribution in [2.24, 2.45) is 5.11 Å². The molecule has 0 radical (unpaired) electrons. The molecule has 0 saturated carbocycles. The zero-order valence-electron chi connectivity index (χ0n) is 7.71. The summed E-state index contributed by atoms with van der Waals surface area (Å²) in [5, 5.41) is 6.95. The van der Waals surface area contributed by atoms with Crippen LogP contribution in [0.3, 0.4) is 0 Å². The van der Waals surface area contributed by atoms with Crippen molar-refractivity contribution in [3.8, 4) is 0 Å². The number of nitrogens with zero attached hydrogens (tertiary/aromatic N) is 5. The van der Waals surface area contributed by atoms with Crippen LogP contribution >= 0.6 is 15.9 Å². The Hall–Kier alpha value is -1.66. The van der Waals surface area contributed by atoms with Crippen LogP contribution in [0, 0.1) is 0 Å². The molecule has 0 saturated heterocycles. The minimum atomic E-state index is -0.505. The van der Waals surface area contributed by atoms with Crippen molar-refractivity contribution in [1.82, 2.24) is 9.78 Å². The highest BCUT2D eigenvalue weighted by atomic mass is 79.9. The number of Topliss-reactive ketones (excluding diaryl/α,β-unsaturated/α-hetero) is 1. The van der Waals surface area contributed by atoms with Crippen molar-refractivity contribution in [3.05, 3.63) is 31.5 Å². The summed E-state index contributed by atoms with van der Waals surface area (Å²) in [7, 11) is 0. The van der Waals surface area contributed by atoms with Gasteiger partial charge in [0.25, 0.3) is 5.56 Å². The Balaban J connectivity index is 3.27. The summed E-state index contributed by atoms with van der Waals surface area (Å²) in [6.07, 6.45) is 1.22. The first-order chi connectivity index (χ1) is 7.06. The summed E-state index contributed by atoms with van der Waals surface area (Å²) < 4.78 is 1.08. The van der Waals surface area contributed by atoms with Gasteiger partial charge < -0.3 is 0 Å². The van der Waals surface area contributed by atoms with Crippen LogP contribution in [-0.2, 0) is 11.3 Å². The fourth-order valence-electron chi connectivity index (χ4n) is 0.898. The molecular weight excluding hydrogens is 266 g/mol. The third kappa shape index (κ3) is 2.64. The molecule has 0 aliphatic carbocycles. The number of carbonyl (C=O) groups excluding carboxylic acids is 1. The van der Waals surface area contributed by atoms with Gasteiger partial charge in [-0.2, -0.15) is 5.10 Å². The summed E-state index contributed by atoms with van der Waals surface area (Å²) >= 11 is 2.97. The van der Waals surface area contributed by atoms with E-state index >= 15 is 0 Å². The van der Waals surface area contributed by atoms with E-state index in [0.29, 0.717) is 0 Å². The fourth-order valence-corrected chi connectivity index (χ4v) is 1.28. The second-order valence-corrected chi connectivity index (χ2v) is 3.49. The topological polar surface area (TPSA) is 101 Å². The normalized spacial score (nSPS) is 9.47. The first-order valence-electron chi connectivity index (χ1n) is 3.86. The molecule has 0 fully saturated rings. The molecule has 7 nitrogen and oxygen atoms in total. The zero-order valence-corrected chi connectivity index (χ0v) is 9.30. The zero-order chi connectivity index (χ0) is 11.4. The molecule has 78 valence electrons. The summed E-state index contributed by atoms with van der Waals surface area (Å²) in [5.74, 6) is -0.187. The van der Waals surface area contributed by atoms with Crippen molar-refractivity contribution in [2.45, 2.75) is 13.5 Å². The van der Waals surface area contributed by atoms with Crippen LogP contribution in [0.1, 0.15) is 6.92 Å². The van der Waals surface area contributed by atoms with Crippen molar-refractivity contribution in [1.29, 1.82) is 0 Å². The SMILES string of the molecule is CC(=O)Cn1ncc(N=[N+]=[N-])c(Br)c1=O. The van der Waals surface area contributed by atoms with Crippen molar-refractivity contribution >= 4 is 27.4 Å². The van der Waals surface area contributed by atoms with Gasteiger partial charge in [-0.25, -0.2) is 4.68 Å². The average molecular weight is 272 g/mol. The molecule has 0 aliphatic rings. The summed E-state index contributed by atoms with van der Waals surface area (Å²) in [5.41, 5.74) is 7.79. The molecule has 0 aliphatic heterocycles. The molecule has 0 N–H and O–H groups in total. The van der Waals surface area contributed by atoms with Crippen LogP contribution in [0.15, 0.2) is 20.6 Å². The van der Waals surface area contributed by atoms with Gasteiger partial charge in [0.1, 0.15) is 6.54 Å². The molecule has 0 bridgehead atoms. The Morgan fingerprint density at radius 3 is 3.00 bits per heavy atom. The Morgan fingerprint density at radius 2 is 2.47 bits per heavy atom. The quantitative estimate of drug-likeness (QED) is 0.473. The van der Waals surface area contributed by atoms with E-state index in [9.17, 15) is 9.59 Å². The molecule has 0 spiro atoms. The van der Waals surface area contributed by atoms with E-state index in [1.54, 1.807) is 0 Å². The van der Waals surface area contributed by atoms with Gasteiger partial charge in [-0.15, -0.1) is 0 Å². The minimum absolute atomic E-state index is 0.0940. The predicted octanol–water partition coefficient (Wildman–Crippen LogP) is 1.54. The third-order valence-corrected chi connectivity index (χ3v) is 2.24. The third-order valence-electron chi connectivity index (χ3n) is 1.49. The number of hydrogen-bond acceptors (Lipinski definition) is 4. The van der Waals surface area contributed by atoms with E-state index in [1.165, 1.54) is 13.1 Å². The number of carbonyl (C=O) groups is 1. The van der Waals surface area contributed by atoms with Gasteiger partial charge >= 0.3 is 0 Å². The van der Waals surface area contributed by atoms with Gasteiger partial charge in [-0.1, -0.05) is 5.11 Å². The molecule has 1 aromatic rings. The molecule has 8 heteroatoms. The number of rotatable bonds is 3. The summed E-state index contributed by atoms with van der Waals surface area (Å²) in [4.78, 5) is 24.8. The van der Waals surface area contributed by atoms with E-state index in [2.05, 4.69) is 31.1 Å². The van der Waals surface area contributed by atoms with Crippen LogP contribution in [0.4, 0.5) is 5.69 Å². The molecule has 15 heavy (non-hydrogen) atoms. The molecule has 0 atom stereocenters. The predicted molar refractivity (Wildman–Crippen MR) is 55.7 cm³/mol. The lowest BCUT2D eigenvalue weighted by molar-refractivity contribution is -0.117. The molecule has 1 rings (SSSR count). The van der Waals surface area contributed by atoms with Gasteiger partial charge in [0.15, 0.2) is 5.78 Å². The second-order valence-electron chi connectivity index (χ2n) is 2.70. The number of azide groups is 1. The van der Waals surface area contributed by atoms with Crippen LogP contribution in [0.25, 0.3) is 10.4 Å². The van der Waals surface area contributed by atoms with E-state index in [0.717, 1.165) is 4.68 Å². The molecular formula is C7H6BrN5O2. The lowest BCUT2D eigenvalue weighted by atomic mass is 10.4. The molecule has 0 amide bonds. The van der Waals surface area contributed by atoms with Crippen molar-refractivity contribution in [2.75, 3.05) is 0 Å². The number of halogens is 1. The van der Waals surface area contributed by atoms with Crippen molar-refractivity contribution < 1.29 is 4.79 Å². The van der Waals surface area contributed by atoms with E-state index in [1.807, 2.05) is 0 Å². The average Bonchev–Trinajstić information content (AvgIpc) is 2.17. The second kappa shape index (κ2) is 4.72. The Bertz CT molecular complexity index is 503. The lowest BCUT2D eigenvalue weighted by Gasteiger charge is -2.02. The Labute approximate surface area is 92.5 Å². The van der Waals surface area contributed by atoms with Gasteiger partial charge in [-0.05, 0) is 28.4 Å². The highest BCUT2D eigenvalue weighted by molar-refractivity contribution is 9.10. The van der Waals surface area contributed by atoms with E-state index in [-0.39, 0.29) is 22.5 Å². The molecule has 1 aromatic heterocycles. The standard InChI is InChI=1S/C7H6BrN5O2/c1-4(14)3-13-7(15)6(8)5(2-10-13)11-12-9/h2H,3H2,1H3. The fraction of sp³-hybridized carbons (Fsp3) is 0.286. The summed E-state index contributed by atoms with van der Waals surface area (Å²) in [6, 6.07) is 0. The van der Waals surface area contributed by atoms with Gasteiger partial charge in [0, 0.05) is 4.91 Å². The lowest BCUT2D eigenvalue weighted by Crippen LogP contribution is -2.25. The maximum absolute atomic E-state index is 11.5. The monoisotopic (exact) mass is 271 g/mol. The minimum Gasteiger partial charge on any atom is -0.298 e. The number of aromatic nitrogens is 2. The van der Waals surface area contributed by atoms with E-state index in [4.69, 9.17) is 5.53 Å². The first kappa shape index (κ1) is 11.4. The van der Waals surface area contributed by atoms with Gasteiger partial charge in [0.2, 0.25) is 0 Å². The van der Waals surface area contributed by atoms with Gasteiger partial charge in [0.05, 0.1) is 16.4 Å². The van der Waals surface area contributed by atoms with Crippen LogP contribution in [0.5, 0.6) is 0 Å². The highest BCUT2D eigenvalue weighted by Crippen LogP contribution is 2.19. The van der Waals surface area contributed by atoms with Crippen LogP contribution < -0.4 is 5.56 Å². The largest absolute Gasteiger partial charge is 0.298 e. The number of ketones is 1. The molecule has 0 aromatic carbocycles. The Morgan fingerprint density at radius 1 is 1.80 bits per heavy atom. The Kier molecular flexibility index (Phi) is 3.59. The maximum atomic E-state index is 11.5. The first-order valence-corrected chi connectivity index (χ1v) is 4.65. The molecule has 0 unspecified atom stereocenters. The summed E-state index contributed by atoms with van der Waals surface area (Å²) in [6.45, 7) is 1.25. The highest BCUT2D eigenvalue weighted by Gasteiger charge is 2.08.